The monoisotopic (exact) mass is 403 g/mol. The first-order valence-corrected chi connectivity index (χ1v) is 11.1. The van der Waals surface area contributed by atoms with Crippen LogP contribution in [0.2, 0.25) is 0 Å². The Hall–Kier alpha value is -2.52. The lowest BCUT2D eigenvalue weighted by Gasteiger charge is -2.29. The summed E-state index contributed by atoms with van der Waals surface area (Å²) in [4.78, 5) is 30.0. The van der Waals surface area contributed by atoms with Crippen molar-refractivity contribution in [2.45, 2.75) is 19.4 Å². The zero-order chi connectivity index (χ0) is 19.2. The highest BCUT2D eigenvalue weighted by Crippen LogP contribution is 2.30. The molecule has 0 aliphatic carbocycles. The van der Waals surface area contributed by atoms with Crippen LogP contribution in [0.15, 0.2) is 40.8 Å². The van der Waals surface area contributed by atoms with Gasteiger partial charge in [0.2, 0.25) is 10.0 Å². The smallest absolute Gasteiger partial charge is 0.262 e. The maximum Gasteiger partial charge on any atom is 0.262 e. The van der Waals surface area contributed by atoms with Gasteiger partial charge in [-0.25, -0.2) is 13.4 Å². The summed E-state index contributed by atoms with van der Waals surface area (Å²) in [6, 6.07) is 6.73. The number of nitrogens with zero attached hydrogens (tertiary/aromatic N) is 3. The van der Waals surface area contributed by atoms with Crippen molar-refractivity contribution in [2.24, 2.45) is 0 Å². The third-order valence-electron chi connectivity index (χ3n) is 4.64. The number of sulfonamides is 1. The zero-order valence-electron chi connectivity index (χ0n) is 14.6. The van der Waals surface area contributed by atoms with E-state index in [0.29, 0.717) is 40.9 Å². The van der Waals surface area contributed by atoms with Gasteiger partial charge in [0.1, 0.15) is 4.83 Å². The molecule has 3 heterocycles. The van der Waals surface area contributed by atoms with Crippen LogP contribution in [-0.4, -0.2) is 36.6 Å². The van der Waals surface area contributed by atoms with E-state index in [0.717, 1.165) is 5.56 Å². The fourth-order valence-corrected chi connectivity index (χ4v) is 5.05. The van der Waals surface area contributed by atoms with Gasteiger partial charge in [-0.3, -0.25) is 18.5 Å². The Labute approximate surface area is 159 Å². The van der Waals surface area contributed by atoms with Crippen LogP contribution in [0.5, 0.6) is 0 Å². The number of hydrogen-bond acceptors (Lipinski definition) is 6. The van der Waals surface area contributed by atoms with Gasteiger partial charge in [-0.05, 0) is 48.1 Å². The largest absolute Gasteiger partial charge is 0.292 e. The van der Waals surface area contributed by atoms with E-state index in [1.165, 1.54) is 32.8 Å². The number of hydrogen-bond donors (Lipinski definition) is 0. The van der Waals surface area contributed by atoms with Crippen molar-refractivity contribution in [3.8, 4) is 0 Å². The number of ketones is 1. The highest BCUT2D eigenvalue weighted by Gasteiger charge is 2.24. The molecule has 9 heteroatoms. The fraction of sp³-hybridized carbons (Fsp3) is 0.278. The summed E-state index contributed by atoms with van der Waals surface area (Å²) in [7, 11) is -3.35. The Kier molecular flexibility index (Phi) is 4.35. The molecule has 0 saturated heterocycles. The average Bonchev–Trinajstić information content (AvgIpc) is 3.11. The van der Waals surface area contributed by atoms with Crippen molar-refractivity contribution in [1.82, 2.24) is 9.55 Å². The Morgan fingerprint density at radius 1 is 1.30 bits per heavy atom. The summed E-state index contributed by atoms with van der Waals surface area (Å²) in [6.45, 7) is 0.340. The van der Waals surface area contributed by atoms with Crippen LogP contribution in [0.25, 0.3) is 10.2 Å². The summed E-state index contributed by atoms with van der Waals surface area (Å²) >= 11 is 1.38. The molecule has 140 valence electrons. The molecule has 0 saturated carbocycles. The summed E-state index contributed by atoms with van der Waals surface area (Å²) in [5.74, 6) is -0.215. The molecule has 0 amide bonds. The van der Waals surface area contributed by atoms with E-state index in [1.807, 2.05) is 0 Å². The minimum atomic E-state index is -3.35. The standard InChI is InChI=1S/C18H17N3O4S2/c1-27(24,25)21-7-2-3-12-9-13(4-5-15(12)21)16(22)10-20-11-19-17-14(18(20)23)6-8-26-17/h4-6,8-9,11H,2-3,7,10H2,1H3. The average molecular weight is 403 g/mol. The Balaban J connectivity index is 1.64. The molecule has 1 aliphatic heterocycles. The zero-order valence-corrected chi connectivity index (χ0v) is 16.2. The molecule has 1 aromatic carbocycles. The first kappa shape index (κ1) is 17.9. The number of benzene rings is 1. The van der Waals surface area contributed by atoms with Crippen LogP contribution < -0.4 is 9.86 Å². The van der Waals surface area contributed by atoms with Crippen LogP contribution >= 0.6 is 11.3 Å². The molecule has 0 unspecified atom stereocenters. The first-order chi connectivity index (χ1) is 12.8. The first-order valence-electron chi connectivity index (χ1n) is 8.41. The molecule has 2 aromatic heterocycles. The summed E-state index contributed by atoms with van der Waals surface area (Å²) in [5.41, 5.74) is 1.67. The number of carbonyl (C=O) groups excluding carboxylic acids is 1. The van der Waals surface area contributed by atoms with E-state index in [-0.39, 0.29) is 17.9 Å². The molecule has 27 heavy (non-hydrogen) atoms. The highest BCUT2D eigenvalue weighted by molar-refractivity contribution is 7.92. The highest BCUT2D eigenvalue weighted by atomic mass is 32.2. The van der Waals surface area contributed by atoms with Crippen LogP contribution in [0, 0.1) is 0 Å². The van der Waals surface area contributed by atoms with E-state index in [1.54, 1.807) is 29.6 Å². The van der Waals surface area contributed by atoms with E-state index >= 15 is 0 Å². The van der Waals surface area contributed by atoms with E-state index in [9.17, 15) is 18.0 Å². The van der Waals surface area contributed by atoms with Gasteiger partial charge in [-0.15, -0.1) is 11.3 Å². The van der Waals surface area contributed by atoms with Gasteiger partial charge in [-0.1, -0.05) is 0 Å². The molecule has 0 atom stereocenters. The van der Waals surface area contributed by atoms with Crippen LogP contribution in [0.1, 0.15) is 22.3 Å². The molecule has 0 bridgehead atoms. The number of rotatable bonds is 4. The summed E-state index contributed by atoms with van der Waals surface area (Å²) in [5, 5.41) is 2.30. The lowest BCUT2D eigenvalue weighted by Crippen LogP contribution is -2.34. The Bertz CT molecular complexity index is 1210. The van der Waals surface area contributed by atoms with Gasteiger partial charge in [-0.2, -0.15) is 0 Å². The molecule has 0 spiro atoms. The van der Waals surface area contributed by atoms with Gasteiger partial charge in [0.25, 0.3) is 5.56 Å². The summed E-state index contributed by atoms with van der Waals surface area (Å²) in [6.07, 6.45) is 3.99. The third-order valence-corrected chi connectivity index (χ3v) is 6.64. The van der Waals surface area contributed by atoms with Crippen molar-refractivity contribution < 1.29 is 13.2 Å². The number of carbonyl (C=O) groups is 1. The fourth-order valence-electron chi connectivity index (χ4n) is 3.33. The number of Topliss-reactive ketones (excluding diaryl/α,β-unsaturated/α-hetero) is 1. The van der Waals surface area contributed by atoms with Gasteiger partial charge in [0.05, 0.1) is 30.2 Å². The molecule has 7 nitrogen and oxygen atoms in total. The maximum atomic E-state index is 12.7. The number of thiophene rings is 1. The molecule has 1 aliphatic rings. The van der Waals surface area contributed by atoms with Gasteiger partial charge in [0.15, 0.2) is 5.78 Å². The lowest BCUT2D eigenvalue weighted by atomic mass is 9.99. The minimum absolute atomic E-state index is 0.105. The third kappa shape index (κ3) is 3.28. The molecule has 3 aromatic rings. The van der Waals surface area contributed by atoms with Crippen molar-refractivity contribution in [3.63, 3.8) is 0 Å². The number of fused-ring (bicyclic) bond motifs is 2. The van der Waals surface area contributed by atoms with Crippen molar-refractivity contribution >= 4 is 43.0 Å². The van der Waals surface area contributed by atoms with Crippen molar-refractivity contribution in [2.75, 3.05) is 17.1 Å². The van der Waals surface area contributed by atoms with Crippen molar-refractivity contribution in [3.05, 3.63) is 57.5 Å². The second-order valence-electron chi connectivity index (χ2n) is 6.52. The molecule has 4 rings (SSSR count). The quantitative estimate of drug-likeness (QED) is 0.622. The SMILES string of the molecule is CS(=O)(=O)N1CCCc2cc(C(=O)Cn3cnc4sccc4c3=O)ccc21. The normalized spacial score (nSPS) is 14.3. The van der Waals surface area contributed by atoms with E-state index < -0.39 is 10.0 Å². The topological polar surface area (TPSA) is 89.3 Å². The van der Waals surface area contributed by atoms with Crippen molar-refractivity contribution in [1.29, 1.82) is 0 Å². The summed E-state index contributed by atoms with van der Waals surface area (Å²) < 4.78 is 26.6. The van der Waals surface area contributed by atoms with E-state index in [2.05, 4.69) is 4.98 Å². The van der Waals surface area contributed by atoms with Gasteiger partial charge in [0, 0.05) is 12.1 Å². The molecular formula is C18H17N3O4S2. The van der Waals surface area contributed by atoms with Crippen LogP contribution in [0.4, 0.5) is 5.69 Å². The molecule has 0 fully saturated rings. The van der Waals surface area contributed by atoms with E-state index in [4.69, 9.17) is 0 Å². The predicted octanol–water partition coefficient (Wildman–Crippen LogP) is 2.05. The van der Waals surface area contributed by atoms with Gasteiger partial charge < -0.3 is 0 Å². The predicted molar refractivity (Wildman–Crippen MR) is 105 cm³/mol. The second kappa shape index (κ2) is 6.58. The Morgan fingerprint density at radius 2 is 2.11 bits per heavy atom. The molecular weight excluding hydrogens is 386 g/mol. The van der Waals surface area contributed by atoms with Crippen LogP contribution in [0.3, 0.4) is 0 Å². The molecule has 0 N–H and O–H groups in total. The lowest BCUT2D eigenvalue weighted by molar-refractivity contribution is 0.0970. The number of aromatic nitrogens is 2. The molecule has 0 radical (unpaired) electrons. The van der Waals surface area contributed by atoms with Gasteiger partial charge >= 0.3 is 0 Å². The number of aryl methyl sites for hydroxylation is 1. The number of anilines is 1. The Morgan fingerprint density at radius 3 is 2.89 bits per heavy atom. The second-order valence-corrected chi connectivity index (χ2v) is 9.32. The van der Waals surface area contributed by atoms with Crippen LogP contribution in [-0.2, 0) is 23.0 Å². The maximum absolute atomic E-state index is 12.7. The minimum Gasteiger partial charge on any atom is -0.292 e.